The first-order valence-corrected chi connectivity index (χ1v) is 8.46. The van der Waals surface area contributed by atoms with Gasteiger partial charge in [0.05, 0.1) is 13.2 Å². The Balaban J connectivity index is 3.41. The number of ether oxygens (including phenoxy) is 3. The minimum atomic E-state index is -1.06. The van der Waals surface area contributed by atoms with Crippen molar-refractivity contribution in [1.29, 1.82) is 0 Å². The van der Waals surface area contributed by atoms with Gasteiger partial charge in [0.15, 0.2) is 0 Å². The number of nitrogens with zero attached hydrogens (tertiary/aromatic N) is 1. The van der Waals surface area contributed by atoms with Gasteiger partial charge in [0.2, 0.25) is 5.91 Å². The summed E-state index contributed by atoms with van der Waals surface area (Å²) in [5.74, 6) is -4.09. The lowest BCUT2D eigenvalue weighted by molar-refractivity contribution is -0.188. The molecular formula is C17H27NO7. The number of carbonyl (C=O) groups is 4. The van der Waals surface area contributed by atoms with Crippen LogP contribution in [0.2, 0.25) is 0 Å². The third-order valence-corrected chi connectivity index (χ3v) is 4.41. The van der Waals surface area contributed by atoms with E-state index in [2.05, 4.69) is 0 Å². The third-order valence-electron chi connectivity index (χ3n) is 4.41. The maximum atomic E-state index is 12.5. The highest BCUT2D eigenvalue weighted by molar-refractivity contribution is 5.83. The first-order chi connectivity index (χ1) is 11.7. The van der Waals surface area contributed by atoms with Crippen molar-refractivity contribution in [2.24, 2.45) is 11.8 Å². The molecule has 142 valence electrons. The minimum Gasteiger partial charge on any atom is -0.466 e. The van der Waals surface area contributed by atoms with Crippen molar-refractivity contribution in [3.05, 3.63) is 0 Å². The maximum Gasteiger partial charge on any atom is 0.314 e. The average molecular weight is 357 g/mol. The molecule has 1 fully saturated rings. The molecule has 0 aromatic heterocycles. The molecule has 1 saturated heterocycles. The summed E-state index contributed by atoms with van der Waals surface area (Å²) in [4.78, 5) is 50.1. The van der Waals surface area contributed by atoms with Crippen molar-refractivity contribution >= 4 is 23.8 Å². The first-order valence-electron chi connectivity index (χ1n) is 8.46. The van der Waals surface area contributed by atoms with Crippen LogP contribution in [0.1, 0.15) is 41.5 Å². The summed E-state index contributed by atoms with van der Waals surface area (Å²) in [6.45, 7) is 9.50. The third kappa shape index (κ3) is 4.49. The number of rotatable bonds is 5. The molecule has 0 bridgehead atoms. The lowest BCUT2D eigenvalue weighted by atomic mass is 9.76. The summed E-state index contributed by atoms with van der Waals surface area (Å²) >= 11 is 0. The van der Waals surface area contributed by atoms with E-state index in [0.717, 1.165) is 0 Å². The zero-order valence-corrected chi connectivity index (χ0v) is 15.6. The Hall–Kier alpha value is -2.12. The fourth-order valence-electron chi connectivity index (χ4n) is 3.54. The van der Waals surface area contributed by atoms with Gasteiger partial charge < -0.3 is 19.1 Å². The van der Waals surface area contributed by atoms with Gasteiger partial charge in [-0.1, -0.05) is 0 Å². The molecule has 0 saturated carbocycles. The second-order valence-electron chi connectivity index (χ2n) is 6.04. The van der Waals surface area contributed by atoms with Crippen molar-refractivity contribution in [3.63, 3.8) is 0 Å². The van der Waals surface area contributed by atoms with Crippen LogP contribution in [-0.4, -0.2) is 60.1 Å². The summed E-state index contributed by atoms with van der Waals surface area (Å²) in [6, 6.07) is -1.19. The lowest BCUT2D eigenvalue weighted by Crippen LogP contribution is -2.65. The summed E-state index contributed by atoms with van der Waals surface area (Å²) in [7, 11) is 0. The second kappa shape index (κ2) is 8.82. The molecule has 1 rings (SSSR count). The number of likely N-dealkylation sites (tertiary alicyclic amines) is 1. The molecular weight excluding hydrogens is 330 g/mol. The summed E-state index contributed by atoms with van der Waals surface area (Å²) in [6.07, 6.45) is -1.06. The van der Waals surface area contributed by atoms with Crippen molar-refractivity contribution in [2.75, 3.05) is 13.2 Å². The molecule has 8 heteroatoms. The number of hydrogen-bond donors (Lipinski definition) is 0. The van der Waals surface area contributed by atoms with Crippen LogP contribution in [0.3, 0.4) is 0 Å². The maximum absolute atomic E-state index is 12.5. The van der Waals surface area contributed by atoms with E-state index in [1.165, 1.54) is 18.7 Å². The number of hydrogen-bond acceptors (Lipinski definition) is 7. The molecule has 25 heavy (non-hydrogen) atoms. The van der Waals surface area contributed by atoms with Crippen molar-refractivity contribution in [1.82, 2.24) is 4.90 Å². The lowest BCUT2D eigenvalue weighted by Gasteiger charge is -2.49. The Labute approximate surface area is 147 Å². The Bertz CT molecular complexity index is 501. The zero-order chi connectivity index (χ0) is 19.3. The number of piperidine rings is 1. The molecule has 1 aliphatic rings. The average Bonchev–Trinajstić information content (AvgIpc) is 2.46. The van der Waals surface area contributed by atoms with E-state index in [1.807, 2.05) is 0 Å². The summed E-state index contributed by atoms with van der Waals surface area (Å²) < 4.78 is 15.5. The van der Waals surface area contributed by atoms with Crippen LogP contribution in [-0.2, 0) is 33.4 Å². The standard InChI is InChI=1S/C17H27NO7/c1-7-23-16(21)13-9(3)18(11(5)19)10(4)14(17(22)24-8-2)15(13)25-12(6)20/h9-10,13-15H,7-8H2,1-6H3. The van der Waals surface area contributed by atoms with Gasteiger partial charge >= 0.3 is 17.9 Å². The molecule has 1 heterocycles. The Morgan fingerprint density at radius 3 is 1.52 bits per heavy atom. The van der Waals surface area contributed by atoms with Gasteiger partial charge in [0.25, 0.3) is 0 Å². The fourth-order valence-corrected chi connectivity index (χ4v) is 3.54. The smallest absolute Gasteiger partial charge is 0.314 e. The van der Waals surface area contributed by atoms with Crippen molar-refractivity contribution < 1.29 is 33.4 Å². The molecule has 0 aromatic carbocycles. The molecule has 4 atom stereocenters. The Morgan fingerprint density at radius 2 is 1.24 bits per heavy atom. The summed E-state index contributed by atoms with van der Waals surface area (Å²) in [5.41, 5.74) is 0. The highest BCUT2D eigenvalue weighted by atomic mass is 16.6. The van der Waals surface area contributed by atoms with E-state index in [9.17, 15) is 19.2 Å². The van der Waals surface area contributed by atoms with Crippen LogP contribution < -0.4 is 0 Å². The molecule has 4 unspecified atom stereocenters. The van der Waals surface area contributed by atoms with Gasteiger partial charge in [0.1, 0.15) is 17.9 Å². The van der Waals surface area contributed by atoms with Gasteiger partial charge in [-0.25, -0.2) is 0 Å². The Morgan fingerprint density at radius 1 is 0.840 bits per heavy atom. The molecule has 1 amide bonds. The first kappa shape index (κ1) is 20.9. The van der Waals surface area contributed by atoms with Gasteiger partial charge in [-0.05, 0) is 27.7 Å². The van der Waals surface area contributed by atoms with Gasteiger partial charge in [-0.3, -0.25) is 19.2 Å². The largest absolute Gasteiger partial charge is 0.466 e. The van der Waals surface area contributed by atoms with Gasteiger partial charge in [-0.15, -0.1) is 0 Å². The fraction of sp³-hybridized carbons (Fsp3) is 0.765. The molecule has 0 N–H and O–H groups in total. The SMILES string of the molecule is CCOC(=O)C1C(OC(C)=O)C(C(=O)OCC)C(C)N(C(C)=O)C1C. The normalized spacial score (nSPS) is 28.9. The van der Waals surface area contributed by atoms with E-state index in [-0.39, 0.29) is 19.1 Å². The minimum absolute atomic E-state index is 0.133. The zero-order valence-electron chi connectivity index (χ0n) is 15.6. The van der Waals surface area contributed by atoms with Crippen LogP contribution in [0, 0.1) is 11.8 Å². The Kier molecular flexibility index (Phi) is 7.38. The van der Waals surface area contributed by atoms with E-state index in [4.69, 9.17) is 14.2 Å². The molecule has 8 nitrogen and oxygen atoms in total. The highest BCUT2D eigenvalue weighted by Gasteiger charge is 2.55. The van der Waals surface area contributed by atoms with Crippen molar-refractivity contribution in [2.45, 2.75) is 59.7 Å². The van der Waals surface area contributed by atoms with Gasteiger partial charge in [-0.2, -0.15) is 0 Å². The van der Waals surface area contributed by atoms with Crippen LogP contribution in [0.4, 0.5) is 0 Å². The molecule has 0 radical (unpaired) electrons. The van der Waals surface area contributed by atoms with Gasteiger partial charge in [0, 0.05) is 25.9 Å². The van der Waals surface area contributed by atoms with E-state index in [0.29, 0.717) is 0 Å². The van der Waals surface area contributed by atoms with E-state index in [1.54, 1.807) is 27.7 Å². The van der Waals surface area contributed by atoms with Crippen LogP contribution in [0.25, 0.3) is 0 Å². The molecule has 0 aliphatic carbocycles. The van der Waals surface area contributed by atoms with E-state index < -0.39 is 47.9 Å². The quantitative estimate of drug-likeness (QED) is 0.533. The van der Waals surface area contributed by atoms with E-state index >= 15 is 0 Å². The van der Waals surface area contributed by atoms with Crippen LogP contribution in [0.5, 0.6) is 0 Å². The predicted molar refractivity (Wildman–Crippen MR) is 87.2 cm³/mol. The molecule has 0 aromatic rings. The number of amides is 1. The highest BCUT2D eigenvalue weighted by Crippen LogP contribution is 2.36. The topological polar surface area (TPSA) is 99.2 Å². The predicted octanol–water partition coefficient (Wildman–Crippen LogP) is 0.916. The van der Waals surface area contributed by atoms with Crippen LogP contribution >= 0.6 is 0 Å². The van der Waals surface area contributed by atoms with Crippen molar-refractivity contribution in [3.8, 4) is 0 Å². The monoisotopic (exact) mass is 357 g/mol. The summed E-state index contributed by atoms with van der Waals surface area (Å²) in [5, 5.41) is 0. The molecule has 0 spiro atoms. The molecule has 1 aliphatic heterocycles. The van der Waals surface area contributed by atoms with Crippen LogP contribution in [0.15, 0.2) is 0 Å². The second-order valence-corrected chi connectivity index (χ2v) is 6.04. The number of esters is 3. The number of carbonyl (C=O) groups excluding carboxylic acids is 4.